The zero-order valence-electron chi connectivity index (χ0n) is 9.64. The van der Waals surface area contributed by atoms with E-state index in [0.717, 1.165) is 0 Å². The molecule has 0 amide bonds. The van der Waals surface area contributed by atoms with Gasteiger partial charge in [0.2, 0.25) is 10.0 Å². The van der Waals surface area contributed by atoms with Crippen LogP contribution in [-0.2, 0) is 10.0 Å². The highest BCUT2D eigenvalue weighted by atomic mass is 79.9. The summed E-state index contributed by atoms with van der Waals surface area (Å²) in [4.78, 5) is 4.05. The van der Waals surface area contributed by atoms with Crippen molar-refractivity contribution in [1.29, 1.82) is 0 Å². The van der Waals surface area contributed by atoms with E-state index in [1.165, 1.54) is 24.6 Å². The Morgan fingerprint density at radius 3 is 2.71 bits per heavy atom. The molecule has 1 aromatic heterocycles. The Morgan fingerprint density at radius 1 is 1.53 bits per heavy atom. The molecule has 3 N–H and O–H groups in total. The van der Waals surface area contributed by atoms with Gasteiger partial charge < -0.3 is 11.1 Å². The maximum Gasteiger partial charge on any atom is 0.215 e. The van der Waals surface area contributed by atoms with Crippen LogP contribution in [0.3, 0.4) is 0 Å². The summed E-state index contributed by atoms with van der Waals surface area (Å²) >= 11 is 3.29. The maximum absolute atomic E-state index is 11.5. The lowest BCUT2D eigenvalue weighted by Crippen LogP contribution is -2.28. The van der Waals surface area contributed by atoms with Crippen LogP contribution >= 0.6 is 15.9 Å². The van der Waals surface area contributed by atoms with Crippen LogP contribution in [0, 0.1) is 0 Å². The number of nitrogen functional groups attached to an aromatic ring is 1. The van der Waals surface area contributed by atoms with Gasteiger partial charge in [0.15, 0.2) is 0 Å². The monoisotopic (exact) mass is 322 g/mol. The standard InChI is InChI=1S/C9H15BrN4O2S/c1-14(2)17(15,16)4-3-12-9-8(10)5-7(11)6-13-9/h5-6H,3-4,11H2,1-2H3,(H,12,13). The van der Waals surface area contributed by atoms with Crippen LogP contribution in [0.15, 0.2) is 16.7 Å². The van der Waals surface area contributed by atoms with E-state index in [1.807, 2.05) is 0 Å². The maximum atomic E-state index is 11.5. The van der Waals surface area contributed by atoms with Crippen molar-refractivity contribution in [2.75, 3.05) is 37.4 Å². The van der Waals surface area contributed by atoms with Crippen molar-refractivity contribution in [2.24, 2.45) is 0 Å². The number of anilines is 2. The third-order valence-electron chi connectivity index (χ3n) is 2.07. The fraction of sp³-hybridized carbons (Fsp3) is 0.444. The predicted octanol–water partition coefficient (Wildman–Crippen LogP) is 0.730. The Hall–Kier alpha value is -0.860. The molecule has 1 rings (SSSR count). The summed E-state index contributed by atoms with van der Waals surface area (Å²) in [6, 6.07) is 1.70. The van der Waals surface area contributed by atoms with Crippen LogP contribution in [0.4, 0.5) is 11.5 Å². The molecule has 0 fully saturated rings. The van der Waals surface area contributed by atoms with Crippen molar-refractivity contribution in [2.45, 2.75) is 0 Å². The van der Waals surface area contributed by atoms with E-state index in [-0.39, 0.29) is 12.3 Å². The molecule has 0 aliphatic rings. The second kappa shape index (κ2) is 5.65. The summed E-state index contributed by atoms with van der Waals surface area (Å²) in [5, 5.41) is 2.93. The summed E-state index contributed by atoms with van der Waals surface area (Å²) in [6.07, 6.45) is 1.51. The summed E-state index contributed by atoms with van der Waals surface area (Å²) in [6.45, 7) is 0.288. The van der Waals surface area contributed by atoms with Crippen LogP contribution < -0.4 is 11.1 Å². The van der Waals surface area contributed by atoms with E-state index in [9.17, 15) is 8.42 Å². The van der Waals surface area contributed by atoms with E-state index in [2.05, 4.69) is 26.2 Å². The normalized spacial score (nSPS) is 11.8. The lowest BCUT2D eigenvalue weighted by atomic mass is 10.4. The number of aromatic nitrogens is 1. The average Bonchev–Trinajstić information content (AvgIpc) is 2.21. The second-order valence-electron chi connectivity index (χ2n) is 3.62. The van der Waals surface area contributed by atoms with E-state index in [1.54, 1.807) is 6.07 Å². The molecule has 0 spiro atoms. The van der Waals surface area contributed by atoms with Gasteiger partial charge in [-0.25, -0.2) is 17.7 Å². The van der Waals surface area contributed by atoms with Crippen LogP contribution in [-0.4, -0.2) is 44.1 Å². The van der Waals surface area contributed by atoms with Gasteiger partial charge >= 0.3 is 0 Å². The molecule has 1 heterocycles. The van der Waals surface area contributed by atoms with E-state index in [4.69, 9.17) is 5.73 Å². The third kappa shape index (κ3) is 4.14. The topological polar surface area (TPSA) is 88.3 Å². The molecular weight excluding hydrogens is 308 g/mol. The molecule has 0 unspecified atom stereocenters. The van der Waals surface area contributed by atoms with Crippen molar-refractivity contribution in [3.63, 3.8) is 0 Å². The average molecular weight is 323 g/mol. The fourth-order valence-corrected chi connectivity index (χ4v) is 2.30. The first-order valence-corrected chi connectivity index (χ1v) is 7.28. The summed E-state index contributed by atoms with van der Waals surface area (Å²) in [5.74, 6) is 0.589. The van der Waals surface area contributed by atoms with Gasteiger partial charge in [-0.2, -0.15) is 0 Å². The summed E-state index contributed by atoms with van der Waals surface area (Å²) < 4.78 is 24.9. The zero-order valence-corrected chi connectivity index (χ0v) is 12.0. The largest absolute Gasteiger partial charge is 0.397 e. The third-order valence-corrected chi connectivity index (χ3v) is 4.51. The Morgan fingerprint density at radius 2 is 2.18 bits per heavy atom. The molecule has 6 nitrogen and oxygen atoms in total. The zero-order chi connectivity index (χ0) is 13.1. The minimum atomic E-state index is -3.19. The minimum absolute atomic E-state index is 0.0124. The summed E-state index contributed by atoms with van der Waals surface area (Å²) in [7, 11) is -0.173. The van der Waals surface area contributed by atoms with Gasteiger partial charge in [-0.3, -0.25) is 0 Å². The SMILES string of the molecule is CN(C)S(=O)(=O)CCNc1ncc(N)cc1Br. The number of nitrogens with two attached hydrogens (primary N) is 1. The number of hydrogen-bond donors (Lipinski definition) is 2. The molecule has 8 heteroatoms. The molecule has 0 saturated carbocycles. The Kier molecular flexibility index (Phi) is 4.72. The van der Waals surface area contributed by atoms with Crippen molar-refractivity contribution in [3.05, 3.63) is 16.7 Å². The number of nitrogens with one attached hydrogen (secondary N) is 1. The lowest BCUT2D eigenvalue weighted by Gasteiger charge is -2.12. The first-order chi connectivity index (χ1) is 7.83. The van der Waals surface area contributed by atoms with Gasteiger partial charge in [0.1, 0.15) is 5.82 Å². The highest BCUT2D eigenvalue weighted by Gasteiger charge is 2.13. The van der Waals surface area contributed by atoms with Crippen LogP contribution in [0.25, 0.3) is 0 Å². The number of halogens is 1. The van der Waals surface area contributed by atoms with Gasteiger partial charge in [0.05, 0.1) is 22.1 Å². The smallest absolute Gasteiger partial charge is 0.215 e. The minimum Gasteiger partial charge on any atom is -0.397 e. The van der Waals surface area contributed by atoms with Crippen LogP contribution in [0.5, 0.6) is 0 Å². The molecule has 0 saturated heterocycles. The Bertz CT molecular complexity index is 490. The molecular formula is C9H15BrN4O2S. The molecule has 0 aliphatic heterocycles. The fourth-order valence-electron chi connectivity index (χ4n) is 1.06. The number of sulfonamides is 1. The van der Waals surface area contributed by atoms with Crippen molar-refractivity contribution in [1.82, 2.24) is 9.29 Å². The van der Waals surface area contributed by atoms with Gasteiger partial charge in [-0.1, -0.05) is 0 Å². The molecule has 0 atom stereocenters. The van der Waals surface area contributed by atoms with Crippen LogP contribution in [0.2, 0.25) is 0 Å². The van der Waals surface area contributed by atoms with Gasteiger partial charge in [0, 0.05) is 20.6 Å². The molecule has 0 radical (unpaired) electrons. The van der Waals surface area contributed by atoms with Crippen molar-refractivity contribution < 1.29 is 8.42 Å². The first kappa shape index (κ1) is 14.2. The number of rotatable bonds is 5. The highest BCUT2D eigenvalue weighted by molar-refractivity contribution is 9.10. The van der Waals surface area contributed by atoms with Crippen molar-refractivity contribution >= 4 is 37.5 Å². The number of hydrogen-bond acceptors (Lipinski definition) is 5. The molecule has 17 heavy (non-hydrogen) atoms. The predicted molar refractivity (Wildman–Crippen MR) is 72.3 cm³/mol. The molecule has 1 aromatic rings. The van der Waals surface area contributed by atoms with E-state index < -0.39 is 10.0 Å². The second-order valence-corrected chi connectivity index (χ2v) is 6.78. The Labute approximate surface area is 109 Å². The van der Waals surface area contributed by atoms with Crippen molar-refractivity contribution in [3.8, 4) is 0 Å². The lowest BCUT2D eigenvalue weighted by molar-refractivity contribution is 0.521. The van der Waals surface area contributed by atoms with Gasteiger partial charge in [0.25, 0.3) is 0 Å². The van der Waals surface area contributed by atoms with Crippen LogP contribution in [0.1, 0.15) is 0 Å². The summed E-state index contributed by atoms with van der Waals surface area (Å²) in [5.41, 5.74) is 6.09. The number of nitrogens with zero attached hydrogens (tertiary/aromatic N) is 2. The quantitative estimate of drug-likeness (QED) is 0.834. The van der Waals surface area contributed by atoms with Gasteiger partial charge in [-0.15, -0.1) is 0 Å². The van der Waals surface area contributed by atoms with E-state index in [0.29, 0.717) is 16.0 Å². The molecule has 96 valence electrons. The molecule has 0 aliphatic carbocycles. The molecule has 0 aromatic carbocycles. The van der Waals surface area contributed by atoms with E-state index >= 15 is 0 Å². The first-order valence-electron chi connectivity index (χ1n) is 4.88. The Balaban J connectivity index is 2.58. The molecule has 0 bridgehead atoms. The highest BCUT2D eigenvalue weighted by Crippen LogP contribution is 2.21. The van der Waals surface area contributed by atoms with Gasteiger partial charge in [-0.05, 0) is 22.0 Å². The number of pyridine rings is 1.